The molecule has 1 heterocycles. The normalized spacial score (nSPS) is 24.6. The molecule has 22 heavy (non-hydrogen) atoms. The Balaban J connectivity index is 1.93. The average molecular weight is 335 g/mol. The van der Waals surface area contributed by atoms with Crippen LogP contribution in [0.1, 0.15) is 17.0 Å². The van der Waals surface area contributed by atoms with E-state index >= 15 is 0 Å². The fraction of sp³-hybridized carbons (Fsp3) is 0.333. The zero-order chi connectivity index (χ0) is 15.6. The van der Waals surface area contributed by atoms with Gasteiger partial charge in [0.2, 0.25) is 0 Å². The van der Waals surface area contributed by atoms with Crippen LogP contribution in [0, 0.1) is 5.41 Å². The molecule has 0 radical (unpaired) electrons. The van der Waals surface area contributed by atoms with E-state index in [1.807, 2.05) is 18.2 Å². The molecule has 116 valence electrons. The maximum Gasteiger partial charge on any atom is 0.0595 e. The van der Waals surface area contributed by atoms with Crippen LogP contribution in [0.15, 0.2) is 48.5 Å². The summed E-state index contributed by atoms with van der Waals surface area (Å²) < 4.78 is 0. The molecule has 2 aromatic carbocycles. The molecule has 3 rings (SSSR count). The van der Waals surface area contributed by atoms with Crippen molar-refractivity contribution in [3.05, 3.63) is 69.7 Å². The Kier molecular flexibility index (Phi) is 4.74. The van der Waals surface area contributed by atoms with E-state index in [1.54, 1.807) is 0 Å². The van der Waals surface area contributed by atoms with Gasteiger partial charge in [-0.1, -0.05) is 59.6 Å². The Bertz CT molecular complexity index is 645. The lowest BCUT2D eigenvalue weighted by Gasteiger charge is -2.34. The van der Waals surface area contributed by atoms with Crippen molar-refractivity contribution in [2.45, 2.75) is 12.3 Å². The number of rotatable bonds is 4. The Morgan fingerprint density at radius 1 is 1.09 bits per heavy atom. The number of hydrogen-bond donors (Lipinski definition) is 2. The van der Waals surface area contributed by atoms with Gasteiger partial charge in [-0.2, -0.15) is 0 Å². The number of nitrogens with one attached hydrogen (secondary N) is 1. The van der Waals surface area contributed by atoms with Crippen LogP contribution >= 0.6 is 23.2 Å². The molecule has 4 heteroatoms. The first-order valence-corrected chi connectivity index (χ1v) is 8.30. The van der Waals surface area contributed by atoms with Crippen LogP contribution in [0.5, 0.6) is 0 Å². The van der Waals surface area contributed by atoms with Gasteiger partial charge in [0.1, 0.15) is 0 Å². The minimum atomic E-state index is 0.0124. The first kappa shape index (κ1) is 15.8. The quantitative estimate of drug-likeness (QED) is 0.890. The van der Waals surface area contributed by atoms with Gasteiger partial charge < -0.3 is 11.1 Å². The van der Waals surface area contributed by atoms with Gasteiger partial charge in [-0.15, -0.1) is 0 Å². The van der Waals surface area contributed by atoms with Crippen LogP contribution in [-0.2, 0) is 6.42 Å². The summed E-state index contributed by atoms with van der Waals surface area (Å²) in [6.45, 7) is 2.48. The molecule has 3 N–H and O–H groups in total. The lowest BCUT2D eigenvalue weighted by Crippen LogP contribution is -2.39. The molecule has 1 aliphatic rings. The standard InChI is InChI=1S/C18H20Cl2N2/c19-16-7-6-14(8-17(16)20)15-10-22-12-18(15,11-21)9-13-4-2-1-3-5-13/h1-8,15,22H,9-12,21H2/t15-,18+/m1/s1. The molecule has 1 aliphatic heterocycles. The van der Waals surface area contributed by atoms with Gasteiger partial charge in [-0.3, -0.25) is 0 Å². The van der Waals surface area contributed by atoms with Gasteiger partial charge in [0.15, 0.2) is 0 Å². The van der Waals surface area contributed by atoms with E-state index in [4.69, 9.17) is 28.9 Å². The van der Waals surface area contributed by atoms with Gasteiger partial charge in [0, 0.05) is 31.0 Å². The molecule has 2 atom stereocenters. The Hall–Kier alpha value is -1.06. The molecule has 0 aliphatic carbocycles. The summed E-state index contributed by atoms with van der Waals surface area (Å²) in [5.74, 6) is 0.340. The van der Waals surface area contributed by atoms with Crippen LogP contribution < -0.4 is 11.1 Å². The zero-order valence-corrected chi connectivity index (χ0v) is 13.9. The topological polar surface area (TPSA) is 38.0 Å². The van der Waals surface area contributed by atoms with Gasteiger partial charge in [0.25, 0.3) is 0 Å². The van der Waals surface area contributed by atoms with E-state index in [0.29, 0.717) is 22.5 Å². The second-order valence-electron chi connectivity index (χ2n) is 6.09. The fourth-order valence-corrected chi connectivity index (χ4v) is 3.79. The van der Waals surface area contributed by atoms with Crippen molar-refractivity contribution in [2.75, 3.05) is 19.6 Å². The molecule has 0 aromatic heterocycles. The van der Waals surface area contributed by atoms with Crippen molar-refractivity contribution in [1.82, 2.24) is 5.32 Å². The first-order chi connectivity index (χ1) is 10.6. The number of hydrogen-bond acceptors (Lipinski definition) is 2. The highest BCUT2D eigenvalue weighted by Crippen LogP contribution is 2.42. The molecule has 0 spiro atoms. The molecular weight excluding hydrogens is 315 g/mol. The number of benzene rings is 2. The predicted octanol–water partition coefficient (Wildman–Crippen LogP) is 3.87. The first-order valence-electron chi connectivity index (χ1n) is 7.54. The van der Waals surface area contributed by atoms with Crippen molar-refractivity contribution in [2.24, 2.45) is 11.1 Å². The third kappa shape index (κ3) is 3.02. The maximum absolute atomic E-state index is 6.21. The highest BCUT2D eigenvalue weighted by molar-refractivity contribution is 6.42. The van der Waals surface area contributed by atoms with Crippen molar-refractivity contribution < 1.29 is 0 Å². The minimum absolute atomic E-state index is 0.0124. The van der Waals surface area contributed by atoms with Gasteiger partial charge in [-0.25, -0.2) is 0 Å². The van der Waals surface area contributed by atoms with Crippen LogP contribution in [0.4, 0.5) is 0 Å². The summed E-state index contributed by atoms with van der Waals surface area (Å²) in [5.41, 5.74) is 8.76. The second-order valence-corrected chi connectivity index (χ2v) is 6.90. The number of halogens is 2. The molecule has 0 unspecified atom stereocenters. The largest absolute Gasteiger partial charge is 0.330 e. The highest BCUT2D eigenvalue weighted by atomic mass is 35.5. The van der Waals surface area contributed by atoms with Crippen LogP contribution in [0.3, 0.4) is 0 Å². The summed E-state index contributed by atoms with van der Waals surface area (Å²) >= 11 is 12.3. The molecule has 1 fully saturated rings. The zero-order valence-electron chi connectivity index (χ0n) is 12.4. The average Bonchev–Trinajstić information content (AvgIpc) is 2.95. The Morgan fingerprint density at radius 3 is 2.55 bits per heavy atom. The molecule has 2 nitrogen and oxygen atoms in total. The smallest absolute Gasteiger partial charge is 0.0595 e. The minimum Gasteiger partial charge on any atom is -0.330 e. The summed E-state index contributed by atoms with van der Waals surface area (Å²) in [6, 6.07) is 16.5. The van der Waals surface area contributed by atoms with Crippen LogP contribution in [0.25, 0.3) is 0 Å². The van der Waals surface area contributed by atoms with Crippen LogP contribution in [0.2, 0.25) is 10.0 Å². The van der Waals surface area contributed by atoms with Crippen molar-refractivity contribution in [1.29, 1.82) is 0 Å². The van der Waals surface area contributed by atoms with Crippen LogP contribution in [-0.4, -0.2) is 19.6 Å². The fourth-order valence-electron chi connectivity index (χ4n) is 3.48. The molecule has 2 aromatic rings. The monoisotopic (exact) mass is 334 g/mol. The van der Waals surface area contributed by atoms with Crippen molar-refractivity contribution in [3.63, 3.8) is 0 Å². The van der Waals surface area contributed by atoms with E-state index in [9.17, 15) is 0 Å². The molecule has 1 saturated heterocycles. The van der Waals surface area contributed by atoms with E-state index < -0.39 is 0 Å². The Labute approximate surface area is 141 Å². The SMILES string of the molecule is NC[C@@]1(Cc2ccccc2)CNC[C@@H]1c1ccc(Cl)c(Cl)c1. The lowest BCUT2D eigenvalue weighted by molar-refractivity contribution is 0.293. The third-order valence-corrected chi connectivity index (χ3v) is 5.46. The summed E-state index contributed by atoms with van der Waals surface area (Å²) in [5, 5.41) is 4.71. The highest BCUT2D eigenvalue weighted by Gasteiger charge is 2.42. The second kappa shape index (κ2) is 6.59. The Morgan fingerprint density at radius 2 is 1.86 bits per heavy atom. The summed E-state index contributed by atoms with van der Waals surface area (Å²) in [6.07, 6.45) is 0.961. The van der Waals surface area contributed by atoms with E-state index in [-0.39, 0.29) is 5.41 Å². The summed E-state index contributed by atoms with van der Waals surface area (Å²) in [7, 11) is 0. The van der Waals surface area contributed by atoms with Crippen molar-refractivity contribution in [3.8, 4) is 0 Å². The van der Waals surface area contributed by atoms with E-state index in [2.05, 4.69) is 35.6 Å². The summed E-state index contributed by atoms with van der Waals surface area (Å²) in [4.78, 5) is 0. The van der Waals surface area contributed by atoms with Gasteiger partial charge in [0.05, 0.1) is 10.0 Å². The predicted molar refractivity (Wildman–Crippen MR) is 93.7 cm³/mol. The van der Waals surface area contributed by atoms with Crippen molar-refractivity contribution >= 4 is 23.2 Å². The van der Waals surface area contributed by atoms with E-state index in [0.717, 1.165) is 19.5 Å². The molecular formula is C18H20Cl2N2. The maximum atomic E-state index is 6.21. The van der Waals surface area contributed by atoms with Gasteiger partial charge in [-0.05, 0) is 29.7 Å². The molecule has 0 bridgehead atoms. The van der Waals surface area contributed by atoms with E-state index in [1.165, 1.54) is 11.1 Å². The number of nitrogens with two attached hydrogens (primary N) is 1. The molecule has 0 amide bonds. The third-order valence-electron chi connectivity index (χ3n) is 4.72. The molecule has 0 saturated carbocycles. The van der Waals surface area contributed by atoms with Gasteiger partial charge >= 0.3 is 0 Å². The lowest BCUT2D eigenvalue weighted by atomic mass is 9.70.